The number of guanidine groups is 1. The second kappa shape index (κ2) is 12.1. The van der Waals surface area contributed by atoms with Crippen LogP contribution in [0.3, 0.4) is 0 Å². The van der Waals surface area contributed by atoms with Crippen LogP contribution in [0.25, 0.3) is 0 Å². The van der Waals surface area contributed by atoms with Gasteiger partial charge in [-0.1, -0.05) is 12.1 Å². The van der Waals surface area contributed by atoms with Crippen molar-refractivity contribution in [3.8, 4) is 0 Å². The topological polar surface area (TPSA) is 74.2 Å². The number of piperidine rings is 1. The summed E-state index contributed by atoms with van der Waals surface area (Å²) in [5.41, 5.74) is 1.01. The molecule has 0 saturated carbocycles. The first kappa shape index (κ1) is 26.1. The molecular formula is C20H35IN4O3S. The van der Waals surface area contributed by atoms with Gasteiger partial charge in [0.1, 0.15) is 0 Å². The number of nitrogens with zero attached hydrogens (tertiary/aromatic N) is 3. The van der Waals surface area contributed by atoms with Crippen molar-refractivity contribution in [2.24, 2.45) is 4.99 Å². The van der Waals surface area contributed by atoms with Crippen LogP contribution < -0.4 is 5.32 Å². The summed E-state index contributed by atoms with van der Waals surface area (Å²) >= 11 is 0. The Hall–Kier alpha value is -0.910. The Morgan fingerprint density at radius 2 is 1.86 bits per heavy atom. The maximum Gasteiger partial charge on any atom is 0.243 e. The van der Waals surface area contributed by atoms with Gasteiger partial charge in [0, 0.05) is 46.4 Å². The molecule has 1 aromatic rings. The van der Waals surface area contributed by atoms with Crippen molar-refractivity contribution in [1.82, 2.24) is 14.5 Å². The van der Waals surface area contributed by atoms with Gasteiger partial charge in [0.25, 0.3) is 0 Å². The largest absolute Gasteiger partial charge is 0.378 e. The predicted octanol–water partition coefficient (Wildman–Crippen LogP) is 2.91. The highest BCUT2D eigenvalue weighted by Crippen LogP contribution is 2.17. The molecule has 0 amide bonds. The van der Waals surface area contributed by atoms with E-state index in [-0.39, 0.29) is 30.0 Å². The molecule has 0 aromatic heterocycles. The summed E-state index contributed by atoms with van der Waals surface area (Å²) in [6, 6.07) is 6.95. The second-order valence-electron chi connectivity index (χ2n) is 7.30. The molecule has 9 heteroatoms. The Morgan fingerprint density at radius 1 is 1.28 bits per heavy atom. The van der Waals surface area contributed by atoms with Crippen molar-refractivity contribution in [2.45, 2.75) is 57.2 Å². The van der Waals surface area contributed by atoms with E-state index in [9.17, 15) is 8.42 Å². The number of rotatable bonds is 7. The van der Waals surface area contributed by atoms with Crippen LogP contribution in [0.15, 0.2) is 34.2 Å². The lowest BCUT2D eigenvalue weighted by Gasteiger charge is -2.34. The number of halogens is 1. The van der Waals surface area contributed by atoms with Gasteiger partial charge in [-0.25, -0.2) is 8.42 Å². The second-order valence-corrected chi connectivity index (χ2v) is 9.30. The van der Waals surface area contributed by atoms with Crippen molar-refractivity contribution in [3.05, 3.63) is 29.8 Å². The molecule has 1 aromatic carbocycles. The molecule has 1 saturated heterocycles. The predicted molar refractivity (Wildman–Crippen MR) is 128 cm³/mol. The standard InChI is InChI=1S/C20H34N4O3S.HI/c1-6-27-18-11-13-24(14-12-18)20(21-4)22-15-17-7-9-19(10-8-17)28(25,26)23(5)16(2)3;/h7-10,16,18H,6,11-15H2,1-5H3,(H,21,22);1H. The lowest BCUT2D eigenvalue weighted by molar-refractivity contribution is 0.0263. The lowest BCUT2D eigenvalue weighted by atomic mass is 10.1. The number of sulfonamides is 1. The van der Waals surface area contributed by atoms with Crippen LogP contribution in [-0.4, -0.2) is 69.5 Å². The molecule has 0 bridgehead atoms. The van der Waals surface area contributed by atoms with E-state index >= 15 is 0 Å². The van der Waals surface area contributed by atoms with Crippen LogP contribution in [0.1, 0.15) is 39.2 Å². The summed E-state index contributed by atoms with van der Waals surface area (Å²) < 4.78 is 32.2. The number of ether oxygens (including phenoxy) is 1. The van der Waals surface area contributed by atoms with Crippen molar-refractivity contribution in [2.75, 3.05) is 33.8 Å². The van der Waals surface area contributed by atoms with Crippen LogP contribution >= 0.6 is 24.0 Å². The lowest BCUT2D eigenvalue weighted by Crippen LogP contribution is -2.46. The summed E-state index contributed by atoms with van der Waals surface area (Å²) in [6.45, 7) is 8.95. The van der Waals surface area contributed by atoms with Crippen molar-refractivity contribution in [1.29, 1.82) is 0 Å². The Kier molecular flexibility index (Phi) is 10.9. The highest BCUT2D eigenvalue weighted by atomic mass is 127. The van der Waals surface area contributed by atoms with Gasteiger partial charge in [0.15, 0.2) is 5.96 Å². The molecule has 1 aliphatic heterocycles. The summed E-state index contributed by atoms with van der Waals surface area (Å²) in [7, 11) is -0.0576. The average Bonchev–Trinajstić information content (AvgIpc) is 2.69. The van der Waals surface area contributed by atoms with Gasteiger partial charge < -0.3 is 15.0 Å². The van der Waals surface area contributed by atoms with E-state index < -0.39 is 10.0 Å². The zero-order valence-corrected chi connectivity index (χ0v) is 21.2. The van der Waals surface area contributed by atoms with E-state index in [1.807, 2.05) is 32.9 Å². The monoisotopic (exact) mass is 538 g/mol. The number of likely N-dealkylation sites (tertiary alicyclic amines) is 1. The number of nitrogens with one attached hydrogen (secondary N) is 1. The Morgan fingerprint density at radius 3 is 2.34 bits per heavy atom. The highest BCUT2D eigenvalue weighted by molar-refractivity contribution is 14.0. The van der Waals surface area contributed by atoms with E-state index in [0.717, 1.165) is 44.1 Å². The zero-order valence-electron chi connectivity index (χ0n) is 18.1. The van der Waals surface area contributed by atoms with E-state index in [1.54, 1.807) is 26.2 Å². The molecule has 0 atom stereocenters. The first-order valence-corrected chi connectivity index (χ1v) is 11.4. The molecule has 1 N–H and O–H groups in total. The third-order valence-electron chi connectivity index (χ3n) is 5.13. The van der Waals surface area contributed by atoms with E-state index in [4.69, 9.17) is 4.74 Å². The third kappa shape index (κ3) is 7.08. The van der Waals surface area contributed by atoms with E-state index in [1.165, 1.54) is 4.31 Å². The molecular weight excluding hydrogens is 503 g/mol. The highest BCUT2D eigenvalue weighted by Gasteiger charge is 2.23. The fraction of sp³-hybridized carbons (Fsp3) is 0.650. The maximum atomic E-state index is 12.6. The number of hydrogen-bond donors (Lipinski definition) is 1. The number of benzene rings is 1. The Bertz CT molecular complexity index is 745. The fourth-order valence-corrected chi connectivity index (χ4v) is 4.57. The molecule has 0 aliphatic carbocycles. The van der Waals surface area contributed by atoms with Gasteiger partial charge in [-0.15, -0.1) is 24.0 Å². The van der Waals surface area contributed by atoms with Crippen LogP contribution in [0.4, 0.5) is 0 Å². The Labute approximate surface area is 193 Å². The van der Waals surface area contributed by atoms with Gasteiger partial charge in [-0.2, -0.15) is 4.31 Å². The van der Waals surface area contributed by atoms with Crippen LogP contribution in [0.5, 0.6) is 0 Å². The molecule has 29 heavy (non-hydrogen) atoms. The van der Waals surface area contributed by atoms with E-state index in [0.29, 0.717) is 17.5 Å². The van der Waals surface area contributed by atoms with Crippen molar-refractivity contribution >= 4 is 40.0 Å². The number of hydrogen-bond acceptors (Lipinski definition) is 4. The van der Waals surface area contributed by atoms with Crippen molar-refractivity contribution in [3.63, 3.8) is 0 Å². The van der Waals surface area contributed by atoms with Crippen LogP contribution in [0.2, 0.25) is 0 Å². The van der Waals surface area contributed by atoms with Gasteiger partial charge in [-0.05, 0) is 51.3 Å². The molecule has 2 rings (SSSR count). The van der Waals surface area contributed by atoms with Crippen LogP contribution in [-0.2, 0) is 21.3 Å². The zero-order chi connectivity index (χ0) is 20.7. The molecule has 1 aliphatic rings. The maximum absolute atomic E-state index is 12.6. The minimum Gasteiger partial charge on any atom is -0.378 e. The van der Waals surface area contributed by atoms with Gasteiger partial charge in [-0.3, -0.25) is 4.99 Å². The summed E-state index contributed by atoms with van der Waals surface area (Å²) in [5.74, 6) is 0.867. The first-order chi connectivity index (χ1) is 13.3. The molecule has 166 valence electrons. The quantitative estimate of drug-likeness (QED) is 0.329. The first-order valence-electron chi connectivity index (χ1n) is 9.93. The summed E-state index contributed by atoms with van der Waals surface area (Å²) in [4.78, 5) is 6.94. The average molecular weight is 538 g/mol. The van der Waals surface area contributed by atoms with Gasteiger partial charge in [0.2, 0.25) is 10.0 Å². The molecule has 1 fully saturated rings. The van der Waals surface area contributed by atoms with Gasteiger partial charge in [0.05, 0.1) is 11.0 Å². The van der Waals surface area contributed by atoms with E-state index in [2.05, 4.69) is 15.2 Å². The fourth-order valence-electron chi connectivity index (χ4n) is 3.21. The molecule has 0 spiro atoms. The Balaban J connectivity index is 0.00000420. The molecule has 0 unspecified atom stereocenters. The molecule has 0 radical (unpaired) electrons. The smallest absolute Gasteiger partial charge is 0.243 e. The SMILES string of the molecule is CCOC1CCN(C(=NC)NCc2ccc(S(=O)(=O)N(C)C(C)C)cc2)CC1.I. The minimum absolute atomic E-state index is 0. The van der Waals surface area contributed by atoms with Crippen LogP contribution in [0, 0.1) is 0 Å². The normalized spacial score (nSPS) is 16.2. The molecule has 1 heterocycles. The number of aliphatic imine (C=N–C) groups is 1. The third-order valence-corrected chi connectivity index (χ3v) is 7.18. The minimum atomic E-state index is -3.45. The molecule has 7 nitrogen and oxygen atoms in total. The summed E-state index contributed by atoms with van der Waals surface area (Å²) in [6.07, 6.45) is 2.35. The summed E-state index contributed by atoms with van der Waals surface area (Å²) in [5, 5.41) is 3.38. The van der Waals surface area contributed by atoms with Crippen molar-refractivity contribution < 1.29 is 13.2 Å². The van der Waals surface area contributed by atoms with Gasteiger partial charge >= 0.3 is 0 Å².